The normalized spacial score (nSPS) is 12.3. The summed E-state index contributed by atoms with van der Waals surface area (Å²) in [5, 5.41) is 28.5. The summed E-state index contributed by atoms with van der Waals surface area (Å²) in [7, 11) is 0. The van der Waals surface area contributed by atoms with E-state index in [4.69, 9.17) is 0 Å². The highest BCUT2D eigenvalue weighted by Gasteiger charge is 2.25. The molecule has 0 aliphatic carbocycles. The molecule has 0 atom stereocenters. The second-order valence-electron chi connectivity index (χ2n) is 7.02. The maximum Gasteiger partial charge on any atom is 0.311 e. The summed E-state index contributed by atoms with van der Waals surface area (Å²) in [6.07, 6.45) is 5.06. The number of rotatable bonds is 13. The number of benzene rings is 1. The van der Waals surface area contributed by atoms with Crippen molar-refractivity contribution in [2.75, 3.05) is 13.1 Å². The molecule has 1 amide bonds. The summed E-state index contributed by atoms with van der Waals surface area (Å²) in [6, 6.07) is 1.06. The molecule has 0 radical (unpaired) electrons. The SMILES string of the molecule is C=C/C(S/N=N\c1cc(F)c([N+](=O)[O-])cc1[N+](=O)[O-])=C(\C=C(/C)N(CCC)CCC)NC(C)=O. The quantitative estimate of drug-likeness (QED) is 0.118. The van der Waals surface area contributed by atoms with E-state index in [9.17, 15) is 29.4 Å². The number of nitrogens with zero attached hydrogens (tertiary/aromatic N) is 5. The Hall–Kier alpha value is -3.61. The number of nitrogens with one attached hydrogen (secondary N) is 1. The van der Waals surface area contributed by atoms with Gasteiger partial charge in [0.15, 0.2) is 5.69 Å². The van der Waals surface area contributed by atoms with Gasteiger partial charge in [0.1, 0.15) is 0 Å². The number of carbonyl (C=O) groups is 1. The van der Waals surface area contributed by atoms with E-state index in [1.54, 1.807) is 6.08 Å². The van der Waals surface area contributed by atoms with E-state index in [2.05, 4.69) is 40.3 Å². The fourth-order valence-corrected chi connectivity index (χ4v) is 3.37. The minimum Gasteiger partial charge on any atom is -0.375 e. The zero-order valence-electron chi connectivity index (χ0n) is 19.4. The third-order valence-corrected chi connectivity index (χ3v) is 5.07. The van der Waals surface area contributed by atoms with Crippen LogP contribution < -0.4 is 5.32 Å². The van der Waals surface area contributed by atoms with Crippen molar-refractivity contribution in [2.24, 2.45) is 9.63 Å². The Labute approximate surface area is 200 Å². The van der Waals surface area contributed by atoms with Crippen LogP contribution in [0.2, 0.25) is 0 Å². The van der Waals surface area contributed by atoms with Gasteiger partial charge in [-0.25, -0.2) is 0 Å². The van der Waals surface area contributed by atoms with E-state index >= 15 is 0 Å². The molecule has 1 N–H and O–H groups in total. The van der Waals surface area contributed by atoms with Gasteiger partial charge in [-0.15, -0.1) is 9.63 Å². The third kappa shape index (κ3) is 8.39. The first-order chi connectivity index (χ1) is 16.0. The standard InChI is InChI=1S/C21H27FN6O5S/c1-6-9-26(10-7-2)14(4)11-18(23-15(5)29)21(8-3)34-25-24-17-12-16(22)19(27(30)31)13-20(17)28(32)33/h8,11-13H,3,6-7,9-10H2,1-2,4-5H3,(H,23,29)/b14-11+,21-18-,25-24-. The van der Waals surface area contributed by atoms with Crippen LogP contribution in [0.5, 0.6) is 0 Å². The molecule has 0 saturated heterocycles. The van der Waals surface area contributed by atoms with Crippen molar-refractivity contribution >= 4 is 34.9 Å². The molecule has 1 aromatic rings. The fraction of sp³-hybridized carbons (Fsp3) is 0.381. The first-order valence-corrected chi connectivity index (χ1v) is 11.1. The molecule has 184 valence electrons. The van der Waals surface area contributed by atoms with Gasteiger partial charge in [-0.1, -0.05) is 26.5 Å². The first-order valence-electron chi connectivity index (χ1n) is 10.3. The zero-order chi connectivity index (χ0) is 25.8. The molecule has 0 heterocycles. The van der Waals surface area contributed by atoms with Gasteiger partial charge in [0, 0.05) is 43.7 Å². The van der Waals surface area contributed by atoms with Crippen LogP contribution in [0.1, 0.15) is 40.5 Å². The average molecular weight is 495 g/mol. The maximum atomic E-state index is 14.0. The van der Waals surface area contributed by atoms with Gasteiger partial charge in [-0.05, 0) is 25.8 Å². The van der Waals surface area contributed by atoms with E-state index < -0.39 is 32.7 Å². The van der Waals surface area contributed by atoms with E-state index in [0.717, 1.165) is 43.6 Å². The molecule has 1 rings (SSSR count). The molecular formula is C21H27FN6O5S. The average Bonchev–Trinajstić information content (AvgIpc) is 2.75. The molecule has 1 aromatic carbocycles. The fourth-order valence-electron chi connectivity index (χ4n) is 2.87. The Morgan fingerprint density at radius 3 is 2.24 bits per heavy atom. The predicted molar refractivity (Wildman–Crippen MR) is 129 cm³/mol. The number of amides is 1. The molecule has 0 saturated carbocycles. The van der Waals surface area contributed by atoms with Crippen molar-refractivity contribution in [3.8, 4) is 0 Å². The molecule has 11 nitrogen and oxygen atoms in total. The minimum absolute atomic E-state index is 0.332. The number of nitro groups is 2. The lowest BCUT2D eigenvalue weighted by Gasteiger charge is -2.25. The number of hydrogen-bond acceptors (Lipinski definition) is 9. The highest BCUT2D eigenvalue weighted by atomic mass is 32.2. The highest BCUT2D eigenvalue weighted by Crippen LogP contribution is 2.35. The topological polar surface area (TPSA) is 143 Å². The van der Waals surface area contributed by atoms with E-state index in [-0.39, 0.29) is 5.91 Å². The van der Waals surface area contributed by atoms with Crippen LogP contribution in [0.25, 0.3) is 0 Å². The summed E-state index contributed by atoms with van der Waals surface area (Å²) >= 11 is 0.747. The lowest BCUT2D eigenvalue weighted by molar-refractivity contribution is -0.395. The lowest BCUT2D eigenvalue weighted by Crippen LogP contribution is -2.25. The van der Waals surface area contributed by atoms with Crippen molar-refractivity contribution in [3.05, 3.63) is 73.2 Å². The number of hydrogen-bond donors (Lipinski definition) is 1. The van der Waals surface area contributed by atoms with E-state index in [1.165, 1.54) is 13.0 Å². The Kier molecular flexibility index (Phi) is 11.6. The summed E-state index contributed by atoms with van der Waals surface area (Å²) in [5.74, 6) is -1.61. The molecule has 0 fully saturated rings. The largest absolute Gasteiger partial charge is 0.375 e. The predicted octanol–water partition coefficient (Wildman–Crippen LogP) is 5.93. The van der Waals surface area contributed by atoms with Gasteiger partial charge >= 0.3 is 11.4 Å². The van der Waals surface area contributed by atoms with Crippen molar-refractivity contribution in [2.45, 2.75) is 40.5 Å². The second kappa shape index (κ2) is 13.8. The van der Waals surface area contributed by atoms with Crippen molar-refractivity contribution in [3.63, 3.8) is 0 Å². The summed E-state index contributed by atoms with van der Waals surface area (Å²) < 4.78 is 17.8. The molecule has 34 heavy (non-hydrogen) atoms. The minimum atomic E-state index is -1.28. The molecule has 13 heteroatoms. The van der Waals surface area contributed by atoms with Crippen LogP contribution in [-0.2, 0) is 4.79 Å². The van der Waals surface area contributed by atoms with E-state index in [0.29, 0.717) is 22.7 Å². The van der Waals surface area contributed by atoms with Crippen molar-refractivity contribution in [1.29, 1.82) is 0 Å². The van der Waals surface area contributed by atoms with Gasteiger partial charge in [-0.2, -0.15) is 4.39 Å². The third-order valence-electron chi connectivity index (χ3n) is 4.33. The lowest BCUT2D eigenvalue weighted by atomic mass is 10.2. The van der Waals surface area contributed by atoms with Crippen LogP contribution >= 0.6 is 11.9 Å². The number of carbonyl (C=O) groups excluding carboxylic acids is 1. The van der Waals surface area contributed by atoms with Gasteiger partial charge in [0.05, 0.1) is 26.5 Å². The van der Waals surface area contributed by atoms with E-state index in [1.807, 2.05) is 6.92 Å². The smallest absolute Gasteiger partial charge is 0.311 e. The summed E-state index contributed by atoms with van der Waals surface area (Å²) in [4.78, 5) is 34.4. The van der Waals surface area contributed by atoms with Crippen molar-refractivity contribution in [1.82, 2.24) is 10.2 Å². The van der Waals surface area contributed by atoms with Gasteiger partial charge in [0.25, 0.3) is 0 Å². The van der Waals surface area contributed by atoms with Crippen LogP contribution in [-0.4, -0.2) is 33.7 Å². The Bertz CT molecular complexity index is 1030. The van der Waals surface area contributed by atoms with Crippen LogP contribution in [0.15, 0.2) is 56.8 Å². The molecule has 0 unspecified atom stereocenters. The number of nitro benzene ring substituents is 2. The van der Waals surface area contributed by atoms with Crippen molar-refractivity contribution < 1.29 is 19.0 Å². The number of halogens is 1. The Morgan fingerprint density at radius 2 is 1.76 bits per heavy atom. The zero-order valence-corrected chi connectivity index (χ0v) is 20.2. The molecular weight excluding hydrogens is 467 g/mol. The Morgan fingerprint density at radius 1 is 1.18 bits per heavy atom. The molecule has 0 spiro atoms. The van der Waals surface area contributed by atoms with Gasteiger partial charge in [-0.3, -0.25) is 25.0 Å². The van der Waals surface area contributed by atoms with Crippen LogP contribution in [0.3, 0.4) is 0 Å². The Balaban J connectivity index is 3.38. The van der Waals surface area contributed by atoms with Crippen LogP contribution in [0, 0.1) is 26.0 Å². The molecule has 0 aliphatic heterocycles. The summed E-state index contributed by atoms with van der Waals surface area (Å²) in [6.45, 7) is 12.7. The number of allylic oxidation sites excluding steroid dienone is 3. The highest BCUT2D eigenvalue weighted by molar-refractivity contribution is 8.01. The first kappa shape index (κ1) is 28.4. The van der Waals surface area contributed by atoms with Gasteiger partial charge in [0.2, 0.25) is 11.7 Å². The molecule has 0 aromatic heterocycles. The monoisotopic (exact) mass is 494 g/mol. The second-order valence-corrected chi connectivity index (χ2v) is 7.80. The maximum absolute atomic E-state index is 14.0. The van der Waals surface area contributed by atoms with Crippen LogP contribution in [0.4, 0.5) is 21.5 Å². The molecule has 0 aliphatic rings. The summed E-state index contributed by atoms with van der Waals surface area (Å²) in [5.41, 5.74) is -1.01. The molecule has 0 bridgehead atoms. The van der Waals surface area contributed by atoms with Gasteiger partial charge < -0.3 is 10.2 Å².